The Bertz CT molecular complexity index is 195. The van der Waals surface area contributed by atoms with E-state index in [1.54, 1.807) is 0 Å². The molecule has 0 bridgehead atoms. The van der Waals surface area contributed by atoms with Gasteiger partial charge in [-0.1, -0.05) is 0 Å². The average molecular weight is 211 g/mol. The summed E-state index contributed by atoms with van der Waals surface area (Å²) in [6.45, 7) is 4.67. The minimum absolute atomic E-state index is 0.816. The normalized spacial score (nSPS) is 32.2. The maximum Gasteiger partial charge on any atom is 0.0119 e. The molecule has 2 fully saturated rings. The fraction of sp³-hybridized carbons (Fsp3) is 1.00. The summed E-state index contributed by atoms with van der Waals surface area (Å²) in [5.41, 5.74) is 5.56. The lowest BCUT2D eigenvalue weighted by atomic mass is 9.96. The molecule has 3 nitrogen and oxygen atoms in total. The molecule has 0 saturated carbocycles. The Morgan fingerprint density at radius 3 is 3.00 bits per heavy atom. The van der Waals surface area contributed by atoms with Crippen molar-refractivity contribution < 1.29 is 0 Å². The lowest BCUT2D eigenvalue weighted by Crippen LogP contribution is -2.46. The van der Waals surface area contributed by atoms with E-state index in [1.165, 1.54) is 45.3 Å². The summed E-state index contributed by atoms with van der Waals surface area (Å²) in [5.74, 6) is 0. The molecule has 3 heteroatoms. The van der Waals surface area contributed by atoms with Gasteiger partial charge in [-0.25, -0.2) is 0 Å². The molecule has 2 atom stereocenters. The van der Waals surface area contributed by atoms with Gasteiger partial charge in [0.25, 0.3) is 0 Å². The van der Waals surface area contributed by atoms with Gasteiger partial charge in [0.1, 0.15) is 0 Å². The summed E-state index contributed by atoms with van der Waals surface area (Å²) in [5, 5.41) is 0. The molecule has 2 N–H and O–H groups in total. The molecule has 0 amide bonds. The van der Waals surface area contributed by atoms with Gasteiger partial charge < -0.3 is 15.5 Å². The van der Waals surface area contributed by atoms with E-state index < -0.39 is 0 Å². The van der Waals surface area contributed by atoms with Gasteiger partial charge in [0.05, 0.1) is 0 Å². The van der Waals surface area contributed by atoms with E-state index in [1.807, 2.05) is 0 Å². The molecule has 2 saturated heterocycles. The second-order valence-corrected chi connectivity index (χ2v) is 5.13. The summed E-state index contributed by atoms with van der Waals surface area (Å²) < 4.78 is 0. The highest BCUT2D eigenvalue weighted by Gasteiger charge is 2.32. The molecule has 0 aromatic carbocycles. The van der Waals surface area contributed by atoms with E-state index in [9.17, 15) is 0 Å². The molecule has 2 heterocycles. The standard InChI is InChI=1S/C12H25N3/c1-14(7-3-6-13)11-5-9-15-8-2-4-12(15)10-11/h11-12H,2-10,13H2,1H3. The summed E-state index contributed by atoms with van der Waals surface area (Å²) >= 11 is 0. The minimum atomic E-state index is 0.816. The average Bonchev–Trinajstić information content (AvgIpc) is 2.72. The van der Waals surface area contributed by atoms with Crippen molar-refractivity contribution in [3.8, 4) is 0 Å². The van der Waals surface area contributed by atoms with Crippen LogP contribution in [0.5, 0.6) is 0 Å². The van der Waals surface area contributed by atoms with E-state index in [-0.39, 0.29) is 0 Å². The third-order valence-corrected chi connectivity index (χ3v) is 4.13. The number of nitrogens with zero attached hydrogens (tertiary/aromatic N) is 2. The first-order valence-electron chi connectivity index (χ1n) is 6.45. The van der Waals surface area contributed by atoms with Gasteiger partial charge in [-0.15, -0.1) is 0 Å². The Labute approximate surface area is 93.6 Å². The molecule has 2 aliphatic heterocycles. The zero-order valence-corrected chi connectivity index (χ0v) is 9.99. The maximum absolute atomic E-state index is 5.56. The highest BCUT2D eigenvalue weighted by atomic mass is 15.2. The Hall–Kier alpha value is -0.120. The smallest absolute Gasteiger partial charge is 0.0119 e. The van der Waals surface area contributed by atoms with Crippen molar-refractivity contribution >= 4 is 0 Å². The Kier molecular flexibility index (Phi) is 4.00. The predicted molar refractivity (Wildman–Crippen MR) is 63.9 cm³/mol. The third kappa shape index (κ3) is 2.71. The van der Waals surface area contributed by atoms with E-state index >= 15 is 0 Å². The molecule has 15 heavy (non-hydrogen) atoms. The van der Waals surface area contributed by atoms with Crippen molar-refractivity contribution in [3.05, 3.63) is 0 Å². The molecule has 2 unspecified atom stereocenters. The molecule has 0 aromatic rings. The Morgan fingerprint density at radius 1 is 1.33 bits per heavy atom. The number of hydrogen-bond acceptors (Lipinski definition) is 3. The summed E-state index contributed by atoms with van der Waals surface area (Å²) in [7, 11) is 2.27. The molecule has 2 rings (SSSR count). The highest BCUT2D eigenvalue weighted by molar-refractivity contribution is 4.89. The number of piperidine rings is 1. The highest BCUT2D eigenvalue weighted by Crippen LogP contribution is 2.28. The lowest BCUT2D eigenvalue weighted by molar-refractivity contribution is 0.104. The molecule has 0 aliphatic carbocycles. The number of hydrogen-bond donors (Lipinski definition) is 1. The molecular weight excluding hydrogens is 186 g/mol. The SMILES string of the molecule is CN(CCCN)C1CCN2CCCC2C1. The van der Waals surface area contributed by atoms with Crippen LogP contribution in [0.3, 0.4) is 0 Å². The number of rotatable bonds is 4. The van der Waals surface area contributed by atoms with Crippen LogP contribution in [0.1, 0.15) is 32.1 Å². The Balaban J connectivity index is 1.78. The van der Waals surface area contributed by atoms with Crippen LogP contribution >= 0.6 is 0 Å². The Morgan fingerprint density at radius 2 is 2.20 bits per heavy atom. The first kappa shape index (κ1) is 11.4. The van der Waals surface area contributed by atoms with Gasteiger partial charge in [-0.05, 0) is 65.3 Å². The monoisotopic (exact) mass is 211 g/mol. The van der Waals surface area contributed by atoms with Crippen LogP contribution in [0.25, 0.3) is 0 Å². The zero-order chi connectivity index (χ0) is 10.7. The van der Waals surface area contributed by atoms with Crippen LogP contribution in [0.15, 0.2) is 0 Å². The molecule has 0 aromatic heterocycles. The quantitative estimate of drug-likeness (QED) is 0.750. The van der Waals surface area contributed by atoms with Crippen LogP contribution in [0.4, 0.5) is 0 Å². The van der Waals surface area contributed by atoms with Gasteiger partial charge in [0.2, 0.25) is 0 Å². The van der Waals surface area contributed by atoms with Crippen molar-refractivity contribution in [1.82, 2.24) is 9.80 Å². The lowest BCUT2D eigenvalue weighted by Gasteiger charge is -2.39. The van der Waals surface area contributed by atoms with Gasteiger partial charge in [-0.3, -0.25) is 0 Å². The van der Waals surface area contributed by atoms with Crippen molar-refractivity contribution in [2.45, 2.75) is 44.2 Å². The maximum atomic E-state index is 5.56. The van der Waals surface area contributed by atoms with Crippen LogP contribution < -0.4 is 5.73 Å². The summed E-state index contributed by atoms with van der Waals surface area (Å²) in [6.07, 6.45) is 6.74. The van der Waals surface area contributed by atoms with Gasteiger partial charge >= 0.3 is 0 Å². The second-order valence-electron chi connectivity index (χ2n) is 5.13. The van der Waals surface area contributed by atoms with Gasteiger partial charge in [0.15, 0.2) is 0 Å². The molecule has 0 radical (unpaired) electrons. The van der Waals surface area contributed by atoms with Gasteiger partial charge in [0, 0.05) is 12.1 Å². The molecule has 0 spiro atoms. The number of fused-ring (bicyclic) bond motifs is 1. The van der Waals surface area contributed by atoms with Crippen molar-refractivity contribution in [2.24, 2.45) is 5.73 Å². The first-order valence-corrected chi connectivity index (χ1v) is 6.45. The van der Waals surface area contributed by atoms with E-state index in [4.69, 9.17) is 5.73 Å². The fourth-order valence-corrected chi connectivity index (χ4v) is 3.13. The summed E-state index contributed by atoms with van der Waals surface area (Å²) in [4.78, 5) is 5.22. The van der Waals surface area contributed by atoms with Crippen LogP contribution in [-0.2, 0) is 0 Å². The third-order valence-electron chi connectivity index (χ3n) is 4.13. The first-order chi connectivity index (χ1) is 7.31. The van der Waals surface area contributed by atoms with Crippen molar-refractivity contribution in [1.29, 1.82) is 0 Å². The van der Waals surface area contributed by atoms with Crippen LogP contribution in [-0.4, -0.2) is 55.1 Å². The predicted octanol–water partition coefficient (Wildman–Crippen LogP) is 0.894. The molecular formula is C12H25N3. The molecule has 2 aliphatic rings. The summed E-state index contributed by atoms with van der Waals surface area (Å²) in [6, 6.07) is 1.71. The van der Waals surface area contributed by atoms with Crippen molar-refractivity contribution in [3.63, 3.8) is 0 Å². The van der Waals surface area contributed by atoms with E-state index in [0.29, 0.717) is 0 Å². The van der Waals surface area contributed by atoms with E-state index in [2.05, 4.69) is 16.8 Å². The molecule has 88 valence electrons. The largest absolute Gasteiger partial charge is 0.330 e. The van der Waals surface area contributed by atoms with Crippen LogP contribution in [0.2, 0.25) is 0 Å². The van der Waals surface area contributed by atoms with Gasteiger partial charge in [-0.2, -0.15) is 0 Å². The van der Waals surface area contributed by atoms with E-state index in [0.717, 1.165) is 25.0 Å². The number of nitrogens with two attached hydrogens (primary N) is 1. The van der Waals surface area contributed by atoms with Crippen LogP contribution in [0, 0.1) is 0 Å². The second kappa shape index (κ2) is 5.28. The topological polar surface area (TPSA) is 32.5 Å². The minimum Gasteiger partial charge on any atom is -0.330 e. The fourth-order valence-electron chi connectivity index (χ4n) is 3.13. The van der Waals surface area contributed by atoms with Crippen molar-refractivity contribution in [2.75, 3.05) is 33.2 Å². The zero-order valence-electron chi connectivity index (χ0n) is 9.99.